The number of carbonyl (C=O) groups excluding carboxylic acids is 1. The lowest BCUT2D eigenvalue weighted by atomic mass is 10.2. The second-order valence-corrected chi connectivity index (χ2v) is 5.30. The first-order chi connectivity index (χ1) is 12.5. The lowest BCUT2D eigenvalue weighted by molar-refractivity contribution is -0.384. The van der Waals surface area contributed by atoms with E-state index in [1.165, 1.54) is 47.3 Å². The van der Waals surface area contributed by atoms with Crippen LogP contribution in [0.4, 0.5) is 11.5 Å². The van der Waals surface area contributed by atoms with Crippen LogP contribution in [0.25, 0.3) is 5.69 Å². The summed E-state index contributed by atoms with van der Waals surface area (Å²) in [6.07, 6.45) is 1.49. The van der Waals surface area contributed by atoms with Crippen molar-refractivity contribution < 1.29 is 9.72 Å². The normalized spacial score (nSPS) is 10.2. The van der Waals surface area contributed by atoms with Crippen LogP contribution in [0.5, 0.6) is 0 Å². The molecule has 9 nitrogen and oxygen atoms in total. The standard InChI is InChI=1S/C17H12N6O3/c1-11-12(10-18)2-7-15(20-11)17(24)21-16-8-9-19-22(16)13-3-5-14(6-4-13)23(25)26/h2-9H,1H3,(H,21,24). The largest absolute Gasteiger partial charge is 0.305 e. The van der Waals surface area contributed by atoms with Gasteiger partial charge in [0, 0.05) is 18.2 Å². The number of nitrogens with zero attached hydrogens (tertiary/aromatic N) is 5. The zero-order valence-corrected chi connectivity index (χ0v) is 13.6. The van der Waals surface area contributed by atoms with Crippen LogP contribution in [0, 0.1) is 28.4 Å². The van der Waals surface area contributed by atoms with E-state index < -0.39 is 10.8 Å². The number of aromatic nitrogens is 3. The predicted octanol–water partition coefficient (Wildman–Crippen LogP) is 2.61. The van der Waals surface area contributed by atoms with Gasteiger partial charge in [-0.15, -0.1) is 0 Å². The Morgan fingerprint density at radius 2 is 1.96 bits per heavy atom. The summed E-state index contributed by atoms with van der Waals surface area (Å²) in [7, 11) is 0. The zero-order valence-electron chi connectivity index (χ0n) is 13.6. The number of aryl methyl sites for hydroxylation is 1. The molecule has 0 aliphatic carbocycles. The molecule has 0 spiro atoms. The fourth-order valence-corrected chi connectivity index (χ4v) is 2.31. The SMILES string of the molecule is Cc1nc(C(=O)Nc2ccnn2-c2ccc([N+](=O)[O-])cc2)ccc1C#N. The molecule has 0 atom stereocenters. The van der Waals surface area contributed by atoms with Gasteiger partial charge in [-0.05, 0) is 31.2 Å². The van der Waals surface area contributed by atoms with Gasteiger partial charge >= 0.3 is 0 Å². The molecule has 1 amide bonds. The van der Waals surface area contributed by atoms with Gasteiger partial charge in [0.25, 0.3) is 11.6 Å². The quantitative estimate of drug-likeness (QED) is 0.570. The number of carbonyl (C=O) groups is 1. The molecule has 1 aromatic carbocycles. The highest BCUT2D eigenvalue weighted by Gasteiger charge is 2.14. The highest BCUT2D eigenvalue weighted by Crippen LogP contribution is 2.19. The number of nitro benzene ring substituents is 1. The number of non-ortho nitro benzene ring substituents is 1. The van der Waals surface area contributed by atoms with Gasteiger partial charge in [0.05, 0.1) is 28.1 Å². The third-order valence-corrected chi connectivity index (χ3v) is 3.63. The van der Waals surface area contributed by atoms with Crippen molar-refractivity contribution in [2.45, 2.75) is 6.92 Å². The van der Waals surface area contributed by atoms with Crippen LogP contribution in [0.15, 0.2) is 48.7 Å². The van der Waals surface area contributed by atoms with Gasteiger partial charge < -0.3 is 5.32 Å². The Kier molecular flexibility index (Phi) is 4.40. The van der Waals surface area contributed by atoms with Gasteiger partial charge in [0.1, 0.15) is 17.6 Å². The van der Waals surface area contributed by atoms with Gasteiger partial charge in [-0.3, -0.25) is 14.9 Å². The van der Waals surface area contributed by atoms with Crippen LogP contribution in [0.1, 0.15) is 21.7 Å². The van der Waals surface area contributed by atoms with Crippen LogP contribution < -0.4 is 5.32 Å². The molecule has 3 rings (SSSR count). The molecule has 1 N–H and O–H groups in total. The van der Waals surface area contributed by atoms with E-state index in [0.717, 1.165) is 0 Å². The Hall–Kier alpha value is -4.06. The van der Waals surface area contributed by atoms with E-state index in [4.69, 9.17) is 5.26 Å². The summed E-state index contributed by atoms with van der Waals surface area (Å²) in [6, 6.07) is 12.4. The van der Waals surface area contributed by atoms with E-state index in [1.54, 1.807) is 13.0 Å². The summed E-state index contributed by atoms with van der Waals surface area (Å²) >= 11 is 0. The van der Waals surface area contributed by atoms with E-state index in [1.807, 2.05) is 6.07 Å². The van der Waals surface area contributed by atoms with Gasteiger partial charge in [0.15, 0.2) is 0 Å². The highest BCUT2D eigenvalue weighted by atomic mass is 16.6. The summed E-state index contributed by atoms with van der Waals surface area (Å²) in [5, 5.41) is 26.5. The smallest absolute Gasteiger partial charge is 0.275 e. The first-order valence-electron chi connectivity index (χ1n) is 7.47. The molecule has 128 valence electrons. The molecule has 0 radical (unpaired) electrons. The molecule has 26 heavy (non-hydrogen) atoms. The average molecular weight is 348 g/mol. The molecular weight excluding hydrogens is 336 g/mol. The third kappa shape index (κ3) is 3.25. The molecule has 0 saturated carbocycles. The number of rotatable bonds is 4. The average Bonchev–Trinajstić information content (AvgIpc) is 3.09. The van der Waals surface area contributed by atoms with Crippen molar-refractivity contribution in [1.82, 2.24) is 14.8 Å². The zero-order chi connectivity index (χ0) is 18.7. The summed E-state index contributed by atoms with van der Waals surface area (Å²) < 4.78 is 1.44. The maximum atomic E-state index is 12.4. The molecule has 2 aromatic heterocycles. The summed E-state index contributed by atoms with van der Waals surface area (Å²) in [5.41, 5.74) is 1.54. The summed E-state index contributed by atoms with van der Waals surface area (Å²) in [4.78, 5) is 26.8. The van der Waals surface area contributed by atoms with E-state index in [9.17, 15) is 14.9 Å². The number of nitro groups is 1. The van der Waals surface area contributed by atoms with E-state index in [2.05, 4.69) is 15.4 Å². The highest BCUT2D eigenvalue weighted by molar-refractivity contribution is 6.02. The predicted molar refractivity (Wildman–Crippen MR) is 91.9 cm³/mol. The minimum atomic E-state index is -0.492. The fraction of sp³-hybridized carbons (Fsp3) is 0.0588. The molecule has 0 fully saturated rings. The molecule has 0 bridgehead atoms. The number of benzene rings is 1. The Bertz CT molecular complexity index is 1030. The van der Waals surface area contributed by atoms with Crippen molar-refractivity contribution in [3.8, 4) is 11.8 Å². The minimum absolute atomic E-state index is 0.0382. The molecular formula is C17H12N6O3. The molecule has 2 heterocycles. The topological polar surface area (TPSA) is 127 Å². The minimum Gasteiger partial charge on any atom is -0.305 e. The monoisotopic (exact) mass is 348 g/mol. The van der Waals surface area contributed by atoms with E-state index in [-0.39, 0.29) is 11.4 Å². The number of anilines is 1. The van der Waals surface area contributed by atoms with Crippen molar-refractivity contribution in [1.29, 1.82) is 5.26 Å². The van der Waals surface area contributed by atoms with Crippen LogP contribution in [-0.2, 0) is 0 Å². The van der Waals surface area contributed by atoms with Crippen molar-refractivity contribution in [3.05, 3.63) is 75.7 Å². The number of pyridine rings is 1. The lowest BCUT2D eigenvalue weighted by Gasteiger charge is -2.09. The molecule has 0 aliphatic rings. The van der Waals surface area contributed by atoms with E-state index >= 15 is 0 Å². The number of amides is 1. The van der Waals surface area contributed by atoms with Crippen molar-refractivity contribution in [3.63, 3.8) is 0 Å². The van der Waals surface area contributed by atoms with Gasteiger partial charge in [-0.1, -0.05) is 0 Å². The first-order valence-corrected chi connectivity index (χ1v) is 7.47. The lowest BCUT2D eigenvalue weighted by Crippen LogP contribution is -2.17. The molecule has 0 unspecified atom stereocenters. The molecule has 9 heteroatoms. The summed E-state index contributed by atoms with van der Waals surface area (Å²) in [6.45, 7) is 1.65. The van der Waals surface area contributed by atoms with Crippen molar-refractivity contribution in [2.24, 2.45) is 0 Å². The molecule has 0 aliphatic heterocycles. The van der Waals surface area contributed by atoms with Crippen LogP contribution in [0.2, 0.25) is 0 Å². The molecule has 3 aromatic rings. The van der Waals surface area contributed by atoms with Crippen LogP contribution in [-0.4, -0.2) is 25.6 Å². The Morgan fingerprint density at radius 1 is 1.23 bits per heavy atom. The van der Waals surface area contributed by atoms with Gasteiger partial charge in [-0.2, -0.15) is 10.4 Å². The summed E-state index contributed by atoms with van der Waals surface area (Å²) in [5.74, 6) is -0.0751. The number of hydrogen-bond acceptors (Lipinski definition) is 6. The third-order valence-electron chi connectivity index (χ3n) is 3.63. The number of nitriles is 1. The maximum absolute atomic E-state index is 12.4. The van der Waals surface area contributed by atoms with Crippen LogP contribution in [0.3, 0.4) is 0 Å². The van der Waals surface area contributed by atoms with E-state index in [0.29, 0.717) is 22.8 Å². The second kappa shape index (κ2) is 6.82. The first kappa shape index (κ1) is 16.8. The van der Waals surface area contributed by atoms with Crippen LogP contribution >= 0.6 is 0 Å². The number of hydrogen-bond donors (Lipinski definition) is 1. The van der Waals surface area contributed by atoms with Crippen molar-refractivity contribution >= 4 is 17.4 Å². The fourth-order valence-electron chi connectivity index (χ4n) is 2.31. The Morgan fingerprint density at radius 3 is 2.58 bits per heavy atom. The molecule has 0 saturated heterocycles. The van der Waals surface area contributed by atoms with Crippen molar-refractivity contribution in [2.75, 3.05) is 5.32 Å². The van der Waals surface area contributed by atoms with Gasteiger partial charge in [-0.25, -0.2) is 9.67 Å². The Labute approximate surface area is 147 Å². The second-order valence-electron chi connectivity index (χ2n) is 5.30. The Balaban J connectivity index is 1.85. The maximum Gasteiger partial charge on any atom is 0.275 e. The number of nitrogens with one attached hydrogen (secondary N) is 1. The van der Waals surface area contributed by atoms with Gasteiger partial charge in [0.2, 0.25) is 0 Å².